The first kappa shape index (κ1) is 15.3. The van der Waals surface area contributed by atoms with Crippen molar-refractivity contribution in [3.8, 4) is 28.6 Å². The Balaban J connectivity index is 1.88. The fourth-order valence-corrected chi connectivity index (χ4v) is 3.41. The molecule has 0 saturated carbocycles. The number of tetrazole rings is 1. The van der Waals surface area contributed by atoms with Gasteiger partial charge in [-0.05, 0) is 38.9 Å². The SMILES string of the molecule is Oc1ccc2ccccc2c1-c1c(Oc2nn[nH]n2)ccc2ccccc12. The Kier molecular flexibility index (Phi) is 3.47. The highest BCUT2D eigenvalue weighted by atomic mass is 16.5. The van der Waals surface area contributed by atoms with Gasteiger partial charge in [0.1, 0.15) is 11.5 Å². The number of H-pyrrole nitrogens is 1. The summed E-state index contributed by atoms with van der Waals surface area (Å²) in [6.07, 6.45) is 0. The summed E-state index contributed by atoms with van der Waals surface area (Å²) >= 11 is 0. The number of hydrogen-bond donors (Lipinski definition) is 2. The van der Waals surface area contributed by atoms with Gasteiger partial charge in [-0.2, -0.15) is 5.21 Å². The minimum Gasteiger partial charge on any atom is -0.507 e. The van der Waals surface area contributed by atoms with Gasteiger partial charge in [-0.25, -0.2) is 0 Å². The van der Waals surface area contributed by atoms with Crippen molar-refractivity contribution in [2.75, 3.05) is 0 Å². The Hall–Kier alpha value is -3.93. The molecule has 2 N–H and O–H groups in total. The van der Waals surface area contributed by atoms with E-state index < -0.39 is 0 Å². The zero-order valence-corrected chi connectivity index (χ0v) is 14.1. The summed E-state index contributed by atoms with van der Waals surface area (Å²) in [5.74, 6) is 0.727. The predicted molar refractivity (Wildman–Crippen MR) is 103 cm³/mol. The van der Waals surface area contributed by atoms with E-state index in [-0.39, 0.29) is 11.8 Å². The van der Waals surface area contributed by atoms with Crippen molar-refractivity contribution in [1.82, 2.24) is 20.6 Å². The third-order valence-electron chi connectivity index (χ3n) is 4.57. The molecule has 0 saturated heterocycles. The lowest BCUT2D eigenvalue weighted by atomic mass is 9.92. The summed E-state index contributed by atoms with van der Waals surface area (Å²) in [7, 11) is 0. The molecule has 0 aliphatic carbocycles. The van der Waals surface area contributed by atoms with Crippen LogP contribution in [0.1, 0.15) is 0 Å². The highest BCUT2D eigenvalue weighted by molar-refractivity contribution is 6.09. The number of aromatic nitrogens is 4. The normalized spacial score (nSPS) is 11.1. The molecule has 5 rings (SSSR count). The van der Waals surface area contributed by atoms with Crippen molar-refractivity contribution in [1.29, 1.82) is 0 Å². The van der Waals surface area contributed by atoms with Gasteiger partial charge in [-0.15, -0.1) is 0 Å². The molecule has 27 heavy (non-hydrogen) atoms. The molecule has 0 fully saturated rings. The van der Waals surface area contributed by atoms with Crippen molar-refractivity contribution < 1.29 is 9.84 Å². The molecule has 130 valence electrons. The Morgan fingerprint density at radius 3 is 2.11 bits per heavy atom. The molecule has 1 heterocycles. The largest absolute Gasteiger partial charge is 0.507 e. The van der Waals surface area contributed by atoms with Gasteiger partial charge in [-0.3, -0.25) is 0 Å². The summed E-state index contributed by atoms with van der Waals surface area (Å²) in [4.78, 5) is 0. The number of nitrogens with one attached hydrogen (secondary N) is 1. The fraction of sp³-hybridized carbons (Fsp3) is 0. The van der Waals surface area contributed by atoms with E-state index >= 15 is 0 Å². The highest BCUT2D eigenvalue weighted by Crippen LogP contribution is 2.45. The topological polar surface area (TPSA) is 83.9 Å². The van der Waals surface area contributed by atoms with Crippen LogP contribution in [0.3, 0.4) is 0 Å². The molecule has 0 aliphatic rings. The summed E-state index contributed by atoms with van der Waals surface area (Å²) in [6.45, 7) is 0. The molecular formula is C21H14N4O2. The minimum atomic E-state index is 0.117. The van der Waals surface area contributed by atoms with E-state index in [1.807, 2.05) is 66.7 Å². The molecule has 5 aromatic rings. The number of aromatic amines is 1. The van der Waals surface area contributed by atoms with Crippen molar-refractivity contribution in [3.05, 3.63) is 72.8 Å². The lowest BCUT2D eigenvalue weighted by molar-refractivity contribution is 0.443. The summed E-state index contributed by atoms with van der Waals surface area (Å²) in [5.41, 5.74) is 1.50. The van der Waals surface area contributed by atoms with Crippen LogP contribution in [0, 0.1) is 0 Å². The molecule has 4 aromatic carbocycles. The van der Waals surface area contributed by atoms with Gasteiger partial charge in [0.25, 0.3) is 0 Å². The second-order valence-corrected chi connectivity index (χ2v) is 6.14. The Bertz CT molecular complexity index is 1270. The second-order valence-electron chi connectivity index (χ2n) is 6.14. The van der Waals surface area contributed by atoms with E-state index in [9.17, 15) is 5.11 Å². The van der Waals surface area contributed by atoms with Crippen LogP contribution >= 0.6 is 0 Å². The number of aromatic hydroxyl groups is 1. The van der Waals surface area contributed by atoms with Gasteiger partial charge in [-0.1, -0.05) is 70.9 Å². The Labute approximate surface area is 154 Å². The van der Waals surface area contributed by atoms with Crippen LogP contribution in [-0.2, 0) is 0 Å². The minimum absolute atomic E-state index is 0.117. The maximum absolute atomic E-state index is 10.8. The van der Waals surface area contributed by atoms with E-state index in [1.54, 1.807) is 6.07 Å². The molecule has 1 aromatic heterocycles. The molecule has 6 heteroatoms. The average Bonchev–Trinajstić information content (AvgIpc) is 3.22. The van der Waals surface area contributed by atoms with E-state index in [2.05, 4.69) is 20.6 Å². The van der Waals surface area contributed by atoms with Crippen molar-refractivity contribution in [3.63, 3.8) is 0 Å². The average molecular weight is 354 g/mol. The maximum Gasteiger partial charge on any atom is 0.361 e. The molecular weight excluding hydrogens is 340 g/mol. The molecule has 0 bridgehead atoms. The van der Waals surface area contributed by atoms with E-state index in [0.29, 0.717) is 11.3 Å². The van der Waals surface area contributed by atoms with Crippen LogP contribution in [0.25, 0.3) is 32.7 Å². The van der Waals surface area contributed by atoms with Gasteiger partial charge in [0.2, 0.25) is 0 Å². The van der Waals surface area contributed by atoms with Crippen molar-refractivity contribution in [2.24, 2.45) is 0 Å². The molecule has 0 aliphatic heterocycles. The Morgan fingerprint density at radius 1 is 0.741 bits per heavy atom. The molecule has 0 spiro atoms. The number of ether oxygens (including phenoxy) is 1. The number of hydrogen-bond acceptors (Lipinski definition) is 5. The number of fused-ring (bicyclic) bond motifs is 2. The molecule has 6 nitrogen and oxygen atoms in total. The number of benzene rings is 4. The van der Waals surface area contributed by atoms with Crippen LogP contribution in [0.4, 0.5) is 0 Å². The standard InChI is InChI=1S/C21H14N4O2/c26-17-11-9-13-5-1-3-7-15(13)19(17)20-16-8-4-2-6-14(16)10-12-18(20)27-21-22-24-25-23-21/h1-12,26H,(H,22,23,24,25). The monoisotopic (exact) mass is 354 g/mol. The predicted octanol–water partition coefficient (Wildman–Crippen LogP) is 4.67. The maximum atomic E-state index is 10.8. The van der Waals surface area contributed by atoms with E-state index in [0.717, 1.165) is 27.1 Å². The third kappa shape index (κ3) is 2.55. The summed E-state index contributed by atoms with van der Waals surface area (Å²) < 4.78 is 5.89. The number of rotatable bonds is 3. The molecule has 0 atom stereocenters. The van der Waals surface area contributed by atoms with Crippen LogP contribution in [-0.4, -0.2) is 25.7 Å². The highest BCUT2D eigenvalue weighted by Gasteiger charge is 2.19. The molecule has 0 radical (unpaired) electrons. The lowest BCUT2D eigenvalue weighted by Gasteiger charge is -2.16. The quantitative estimate of drug-likeness (QED) is 0.492. The zero-order valence-electron chi connectivity index (χ0n) is 14.1. The number of phenols is 1. The van der Waals surface area contributed by atoms with Gasteiger partial charge in [0.15, 0.2) is 0 Å². The first-order valence-electron chi connectivity index (χ1n) is 8.45. The van der Waals surface area contributed by atoms with Crippen LogP contribution in [0.15, 0.2) is 72.8 Å². The summed E-state index contributed by atoms with van der Waals surface area (Å²) in [5, 5.41) is 28.4. The van der Waals surface area contributed by atoms with Crippen LogP contribution < -0.4 is 4.74 Å². The number of phenolic OH excluding ortho intramolecular Hbond substituents is 1. The van der Waals surface area contributed by atoms with Crippen molar-refractivity contribution in [2.45, 2.75) is 0 Å². The fourth-order valence-electron chi connectivity index (χ4n) is 3.41. The third-order valence-corrected chi connectivity index (χ3v) is 4.57. The van der Waals surface area contributed by atoms with Gasteiger partial charge in [0, 0.05) is 11.1 Å². The van der Waals surface area contributed by atoms with E-state index in [1.165, 1.54) is 0 Å². The van der Waals surface area contributed by atoms with Crippen molar-refractivity contribution >= 4 is 21.5 Å². The zero-order chi connectivity index (χ0) is 18.2. The van der Waals surface area contributed by atoms with Gasteiger partial charge < -0.3 is 9.84 Å². The molecule has 0 unspecified atom stereocenters. The first-order chi connectivity index (χ1) is 13.3. The Morgan fingerprint density at radius 2 is 1.41 bits per heavy atom. The van der Waals surface area contributed by atoms with Gasteiger partial charge >= 0.3 is 6.01 Å². The lowest BCUT2D eigenvalue weighted by Crippen LogP contribution is -1.93. The number of nitrogens with zero attached hydrogens (tertiary/aromatic N) is 3. The smallest absolute Gasteiger partial charge is 0.361 e. The second kappa shape index (κ2) is 6.10. The van der Waals surface area contributed by atoms with Crippen LogP contribution in [0.5, 0.6) is 17.5 Å². The van der Waals surface area contributed by atoms with E-state index in [4.69, 9.17) is 4.74 Å². The molecule has 0 amide bonds. The summed E-state index contributed by atoms with van der Waals surface area (Å²) in [6, 6.07) is 23.5. The first-order valence-corrected chi connectivity index (χ1v) is 8.45. The van der Waals surface area contributed by atoms with Gasteiger partial charge in [0.05, 0.1) is 0 Å². The van der Waals surface area contributed by atoms with Crippen LogP contribution in [0.2, 0.25) is 0 Å².